The van der Waals surface area contributed by atoms with Gasteiger partial charge in [-0.2, -0.15) is 0 Å². The maximum absolute atomic E-state index is 14.1. The molecule has 0 fully saturated rings. The fourth-order valence-electron chi connectivity index (χ4n) is 4.84. The molecule has 1 aliphatic heterocycles. The van der Waals surface area contributed by atoms with Gasteiger partial charge in [0.2, 0.25) is 0 Å². The third-order valence-corrected chi connectivity index (χ3v) is 7.13. The lowest BCUT2D eigenvalue weighted by atomic mass is 9.98. The predicted molar refractivity (Wildman–Crippen MR) is 150 cm³/mol. The Balaban J connectivity index is 1.72. The minimum Gasteiger partial charge on any atom is -0.449 e. The number of anilines is 2. The van der Waals surface area contributed by atoms with E-state index < -0.39 is 6.09 Å². The third-order valence-electron chi connectivity index (χ3n) is 7.13. The molecule has 2 atom stereocenters. The molecule has 0 saturated heterocycles. The van der Waals surface area contributed by atoms with E-state index in [1.54, 1.807) is 41.0 Å². The van der Waals surface area contributed by atoms with E-state index in [1.165, 1.54) is 0 Å². The Hall–Kier alpha value is -4.13. The summed E-state index contributed by atoms with van der Waals surface area (Å²) in [6.07, 6.45) is 0.205. The van der Waals surface area contributed by atoms with Crippen LogP contribution in [0.25, 0.3) is 0 Å². The highest BCUT2D eigenvalue weighted by atomic mass is 16.6. The molecule has 1 heterocycles. The zero-order valence-electron chi connectivity index (χ0n) is 22.7. The zero-order valence-corrected chi connectivity index (χ0v) is 22.7. The molecule has 0 radical (unpaired) electrons. The second-order valence-corrected chi connectivity index (χ2v) is 9.62. The minimum atomic E-state index is -0.425. The van der Waals surface area contributed by atoms with Gasteiger partial charge in [-0.25, -0.2) is 4.79 Å². The highest BCUT2D eigenvalue weighted by molar-refractivity contribution is 6.15. The van der Waals surface area contributed by atoms with Crippen LogP contribution in [0.3, 0.4) is 0 Å². The summed E-state index contributed by atoms with van der Waals surface area (Å²) in [5, 5.41) is 3.02. The van der Waals surface area contributed by atoms with E-state index in [-0.39, 0.29) is 30.5 Å². The topological polar surface area (TPSA) is 79.0 Å². The lowest BCUT2D eigenvalue weighted by Gasteiger charge is -2.42. The Labute approximate surface area is 224 Å². The SMILES string of the molecule is CCOC(=O)N1c2cc(C)c(C)cc2N(C(=O)c2ccccc2C(=O)NC(C)c2ccccc2)CC1CC. The van der Waals surface area contributed by atoms with E-state index in [1.807, 2.05) is 70.2 Å². The molecular weight excluding hydrogens is 478 g/mol. The number of aryl methyl sites for hydroxylation is 2. The Bertz CT molecular complexity index is 1340. The van der Waals surface area contributed by atoms with Crippen molar-refractivity contribution in [3.05, 3.63) is 94.5 Å². The number of hydrogen-bond donors (Lipinski definition) is 1. The largest absolute Gasteiger partial charge is 0.449 e. The molecule has 38 heavy (non-hydrogen) atoms. The van der Waals surface area contributed by atoms with Gasteiger partial charge in [-0.1, -0.05) is 49.4 Å². The van der Waals surface area contributed by atoms with Crippen LogP contribution in [0.2, 0.25) is 0 Å². The van der Waals surface area contributed by atoms with E-state index in [0.717, 1.165) is 16.7 Å². The number of rotatable bonds is 6. The van der Waals surface area contributed by atoms with Crippen molar-refractivity contribution in [3.8, 4) is 0 Å². The molecule has 7 heteroatoms. The summed E-state index contributed by atoms with van der Waals surface area (Å²) in [5.74, 6) is -0.600. The van der Waals surface area contributed by atoms with Gasteiger partial charge in [0.1, 0.15) is 0 Å². The standard InChI is InChI=1S/C31H35N3O4/c1-6-24-19-33(27-17-20(3)21(4)18-28(27)34(24)31(37)38-7-2)30(36)26-16-12-11-15-25(26)29(35)32-22(5)23-13-9-8-10-14-23/h8-18,22,24H,6-7,19H2,1-5H3,(H,32,35). The van der Waals surface area contributed by atoms with Crippen LogP contribution < -0.4 is 15.1 Å². The second-order valence-electron chi connectivity index (χ2n) is 9.62. The van der Waals surface area contributed by atoms with Crippen LogP contribution >= 0.6 is 0 Å². The average Bonchev–Trinajstić information content (AvgIpc) is 2.93. The molecule has 3 aromatic carbocycles. The van der Waals surface area contributed by atoms with Crippen molar-refractivity contribution >= 4 is 29.3 Å². The van der Waals surface area contributed by atoms with Crippen molar-refractivity contribution in [2.24, 2.45) is 0 Å². The summed E-state index contributed by atoms with van der Waals surface area (Å²) in [7, 11) is 0. The Kier molecular flexibility index (Phi) is 8.15. The molecule has 1 aliphatic rings. The lowest BCUT2D eigenvalue weighted by Crippen LogP contribution is -2.53. The van der Waals surface area contributed by atoms with E-state index in [4.69, 9.17) is 4.74 Å². The fraction of sp³-hybridized carbons (Fsp3) is 0.323. The smallest absolute Gasteiger partial charge is 0.414 e. The quantitative estimate of drug-likeness (QED) is 0.426. The molecule has 0 spiro atoms. The normalized spacial score (nSPS) is 15.4. The number of benzene rings is 3. The maximum atomic E-state index is 14.1. The Morgan fingerprint density at radius 1 is 0.921 bits per heavy atom. The first-order valence-corrected chi connectivity index (χ1v) is 13.1. The van der Waals surface area contributed by atoms with E-state index in [0.29, 0.717) is 35.5 Å². The first kappa shape index (κ1) is 26.9. The molecule has 0 aromatic heterocycles. The molecule has 7 nitrogen and oxygen atoms in total. The maximum Gasteiger partial charge on any atom is 0.414 e. The Morgan fingerprint density at radius 3 is 2.16 bits per heavy atom. The van der Waals surface area contributed by atoms with Crippen LogP contribution in [0.15, 0.2) is 66.7 Å². The summed E-state index contributed by atoms with van der Waals surface area (Å²) in [4.78, 5) is 43.8. The van der Waals surface area contributed by atoms with Crippen molar-refractivity contribution < 1.29 is 19.1 Å². The minimum absolute atomic E-state index is 0.226. The van der Waals surface area contributed by atoms with Crippen LogP contribution in [0.5, 0.6) is 0 Å². The summed E-state index contributed by atoms with van der Waals surface area (Å²) >= 11 is 0. The number of carbonyl (C=O) groups is 3. The predicted octanol–water partition coefficient (Wildman–Crippen LogP) is 6.20. The number of nitrogens with zero attached hydrogens (tertiary/aromatic N) is 2. The van der Waals surface area contributed by atoms with Gasteiger partial charge >= 0.3 is 6.09 Å². The van der Waals surface area contributed by atoms with Crippen LogP contribution in [0.1, 0.15) is 70.6 Å². The van der Waals surface area contributed by atoms with Crippen molar-refractivity contribution in [1.29, 1.82) is 0 Å². The molecule has 3 amide bonds. The van der Waals surface area contributed by atoms with E-state index in [2.05, 4.69) is 5.32 Å². The molecule has 0 saturated carbocycles. The van der Waals surface area contributed by atoms with Crippen molar-refractivity contribution in [2.45, 2.75) is 53.1 Å². The van der Waals surface area contributed by atoms with E-state index >= 15 is 0 Å². The van der Waals surface area contributed by atoms with Gasteiger partial charge in [-0.05, 0) is 75.1 Å². The number of hydrogen-bond acceptors (Lipinski definition) is 4. The number of amides is 3. The lowest BCUT2D eigenvalue weighted by molar-refractivity contribution is 0.0921. The molecule has 198 valence electrons. The first-order valence-electron chi connectivity index (χ1n) is 13.1. The van der Waals surface area contributed by atoms with Gasteiger partial charge in [0.05, 0.1) is 41.2 Å². The molecule has 0 bridgehead atoms. The molecule has 4 rings (SSSR count). The van der Waals surface area contributed by atoms with Crippen LogP contribution in [0, 0.1) is 13.8 Å². The number of fused-ring (bicyclic) bond motifs is 1. The molecular formula is C31H35N3O4. The number of nitrogens with one attached hydrogen (secondary N) is 1. The molecule has 3 aromatic rings. The monoisotopic (exact) mass is 513 g/mol. The van der Waals surface area contributed by atoms with Gasteiger partial charge in [-0.15, -0.1) is 0 Å². The van der Waals surface area contributed by atoms with Crippen LogP contribution in [0.4, 0.5) is 16.2 Å². The second kappa shape index (κ2) is 11.5. The van der Waals surface area contributed by atoms with Gasteiger partial charge < -0.3 is 15.0 Å². The molecule has 2 unspecified atom stereocenters. The van der Waals surface area contributed by atoms with Gasteiger partial charge in [-0.3, -0.25) is 14.5 Å². The highest BCUT2D eigenvalue weighted by Gasteiger charge is 2.38. The van der Waals surface area contributed by atoms with Crippen LogP contribution in [-0.2, 0) is 4.74 Å². The van der Waals surface area contributed by atoms with Gasteiger partial charge in [0.15, 0.2) is 0 Å². The summed E-state index contributed by atoms with van der Waals surface area (Å²) < 4.78 is 5.38. The fourth-order valence-corrected chi connectivity index (χ4v) is 4.84. The first-order chi connectivity index (χ1) is 18.3. The zero-order chi connectivity index (χ0) is 27.4. The van der Waals surface area contributed by atoms with Crippen molar-refractivity contribution in [3.63, 3.8) is 0 Å². The molecule has 0 aliphatic carbocycles. The van der Waals surface area contributed by atoms with Crippen molar-refractivity contribution in [1.82, 2.24) is 5.32 Å². The number of ether oxygens (including phenoxy) is 1. The van der Waals surface area contributed by atoms with Gasteiger partial charge in [0, 0.05) is 6.54 Å². The van der Waals surface area contributed by atoms with Crippen LogP contribution in [-0.4, -0.2) is 37.1 Å². The van der Waals surface area contributed by atoms with E-state index in [9.17, 15) is 14.4 Å². The highest BCUT2D eigenvalue weighted by Crippen LogP contribution is 2.40. The summed E-state index contributed by atoms with van der Waals surface area (Å²) in [6.45, 7) is 10.2. The average molecular weight is 514 g/mol. The molecule has 1 N–H and O–H groups in total. The summed E-state index contributed by atoms with van der Waals surface area (Å²) in [6, 6.07) is 19.9. The van der Waals surface area contributed by atoms with Gasteiger partial charge in [0.25, 0.3) is 11.8 Å². The number of carbonyl (C=O) groups excluding carboxylic acids is 3. The Morgan fingerprint density at radius 2 is 1.53 bits per heavy atom. The summed E-state index contributed by atoms with van der Waals surface area (Å²) in [5.41, 5.74) is 4.88. The third kappa shape index (κ3) is 5.28. The van der Waals surface area contributed by atoms with Crippen molar-refractivity contribution in [2.75, 3.05) is 23.0 Å².